The number of hydrogen-bond acceptors (Lipinski definition) is 2. The summed E-state index contributed by atoms with van der Waals surface area (Å²) in [6, 6.07) is 11.7. The Hall–Kier alpha value is -1.22. The zero-order valence-electron chi connectivity index (χ0n) is 10.9. The van der Waals surface area contributed by atoms with Gasteiger partial charge in [-0.15, -0.1) is 0 Å². The summed E-state index contributed by atoms with van der Waals surface area (Å²) in [5.74, 6) is 0.895. The van der Waals surface area contributed by atoms with Crippen LogP contribution in [0.2, 0.25) is 10.0 Å². The molecule has 0 radical (unpaired) electrons. The summed E-state index contributed by atoms with van der Waals surface area (Å²) in [6.07, 6.45) is 1.95. The Labute approximate surface area is 128 Å². The highest BCUT2D eigenvalue weighted by Gasteiger charge is 2.22. The lowest BCUT2D eigenvalue weighted by molar-refractivity contribution is 0.303. The molecular weight excluding hydrogens is 293 g/mol. The third kappa shape index (κ3) is 2.51. The second kappa shape index (κ2) is 5.65. The molecule has 0 fully saturated rings. The van der Waals surface area contributed by atoms with E-state index in [9.17, 15) is 0 Å². The van der Waals surface area contributed by atoms with Gasteiger partial charge in [-0.05, 0) is 36.1 Å². The Morgan fingerprint density at radius 3 is 2.80 bits per heavy atom. The second-order valence-corrected chi connectivity index (χ2v) is 5.76. The van der Waals surface area contributed by atoms with Crippen molar-refractivity contribution in [3.63, 3.8) is 0 Å². The quantitative estimate of drug-likeness (QED) is 0.905. The van der Waals surface area contributed by atoms with E-state index in [1.807, 2.05) is 24.3 Å². The topological polar surface area (TPSA) is 35.2 Å². The van der Waals surface area contributed by atoms with Gasteiger partial charge in [0.25, 0.3) is 0 Å². The maximum atomic E-state index is 6.17. The molecule has 3 rings (SSSR count). The van der Waals surface area contributed by atoms with E-state index in [0.717, 1.165) is 24.2 Å². The summed E-state index contributed by atoms with van der Waals surface area (Å²) in [6.45, 7) is 0.408. The summed E-state index contributed by atoms with van der Waals surface area (Å²) >= 11 is 12.2. The molecule has 0 heterocycles. The average molecular weight is 308 g/mol. The van der Waals surface area contributed by atoms with E-state index in [0.29, 0.717) is 16.7 Å². The third-order valence-electron chi connectivity index (χ3n) is 3.69. The van der Waals surface area contributed by atoms with Crippen LogP contribution in [0.25, 0.3) is 0 Å². The van der Waals surface area contributed by atoms with E-state index in [1.165, 1.54) is 11.1 Å². The second-order valence-electron chi connectivity index (χ2n) is 4.97. The lowest BCUT2D eigenvalue weighted by atomic mass is 10.1. The van der Waals surface area contributed by atoms with E-state index < -0.39 is 0 Å². The van der Waals surface area contributed by atoms with Crippen molar-refractivity contribution in [1.82, 2.24) is 0 Å². The summed E-state index contributed by atoms with van der Waals surface area (Å²) in [5, 5.41) is 1.10. The smallest absolute Gasteiger partial charge is 0.123 e. The number of rotatable bonds is 3. The lowest BCUT2D eigenvalue weighted by Crippen LogP contribution is -2.05. The molecular formula is C16H15Cl2NO. The first kappa shape index (κ1) is 13.7. The van der Waals surface area contributed by atoms with Gasteiger partial charge in [-0.2, -0.15) is 0 Å². The Morgan fingerprint density at radius 1 is 1.15 bits per heavy atom. The zero-order chi connectivity index (χ0) is 14.1. The van der Waals surface area contributed by atoms with Gasteiger partial charge in [0.05, 0.1) is 10.0 Å². The van der Waals surface area contributed by atoms with Crippen LogP contribution < -0.4 is 10.5 Å². The monoisotopic (exact) mass is 307 g/mol. The fraction of sp³-hybridized carbons (Fsp3) is 0.250. The minimum absolute atomic E-state index is 0.128. The van der Waals surface area contributed by atoms with Crippen LogP contribution in [0.5, 0.6) is 5.75 Å². The molecule has 1 aliphatic carbocycles. The fourth-order valence-corrected chi connectivity index (χ4v) is 2.98. The predicted octanol–water partition coefficient (Wildman–Crippen LogP) is 4.52. The van der Waals surface area contributed by atoms with Gasteiger partial charge in [-0.25, -0.2) is 0 Å². The molecule has 2 aromatic rings. The van der Waals surface area contributed by atoms with E-state index >= 15 is 0 Å². The van der Waals surface area contributed by atoms with Crippen LogP contribution in [0.15, 0.2) is 36.4 Å². The highest BCUT2D eigenvalue weighted by Crippen LogP contribution is 2.36. The number of fused-ring (bicyclic) bond motifs is 1. The van der Waals surface area contributed by atoms with E-state index in [-0.39, 0.29) is 6.04 Å². The zero-order valence-corrected chi connectivity index (χ0v) is 12.4. The van der Waals surface area contributed by atoms with Gasteiger partial charge in [0.1, 0.15) is 12.4 Å². The van der Waals surface area contributed by atoms with Crippen LogP contribution in [0.3, 0.4) is 0 Å². The van der Waals surface area contributed by atoms with Gasteiger partial charge in [-0.1, -0.05) is 47.5 Å². The van der Waals surface area contributed by atoms with Gasteiger partial charge in [0, 0.05) is 11.6 Å². The van der Waals surface area contributed by atoms with Gasteiger partial charge >= 0.3 is 0 Å². The van der Waals surface area contributed by atoms with Crippen LogP contribution in [-0.4, -0.2) is 0 Å². The molecule has 4 heteroatoms. The molecule has 0 aliphatic heterocycles. The molecule has 0 saturated carbocycles. The molecule has 0 bridgehead atoms. The SMILES string of the molecule is NC1CCc2c(OCc3cccc(Cl)c3Cl)cccc21. The average Bonchev–Trinajstić information content (AvgIpc) is 2.83. The lowest BCUT2D eigenvalue weighted by Gasteiger charge is -2.12. The van der Waals surface area contributed by atoms with Crippen molar-refractivity contribution >= 4 is 23.2 Å². The van der Waals surface area contributed by atoms with Crippen LogP contribution in [0.4, 0.5) is 0 Å². The fourth-order valence-electron chi connectivity index (χ4n) is 2.60. The van der Waals surface area contributed by atoms with Crippen LogP contribution in [0, 0.1) is 0 Å². The summed E-state index contributed by atoms with van der Waals surface area (Å²) < 4.78 is 5.92. The first-order valence-electron chi connectivity index (χ1n) is 6.60. The van der Waals surface area contributed by atoms with Crippen molar-refractivity contribution < 1.29 is 4.74 Å². The molecule has 0 aromatic heterocycles. The van der Waals surface area contributed by atoms with Gasteiger partial charge in [0.2, 0.25) is 0 Å². The molecule has 20 heavy (non-hydrogen) atoms. The molecule has 1 aliphatic rings. The Balaban J connectivity index is 1.81. The van der Waals surface area contributed by atoms with Crippen molar-refractivity contribution in [2.75, 3.05) is 0 Å². The van der Waals surface area contributed by atoms with Crippen LogP contribution >= 0.6 is 23.2 Å². The van der Waals surface area contributed by atoms with Gasteiger partial charge < -0.3 is 10.5 Å². The maximum absolute atomic E-state index is 6.17. The molecule has 104 valence electrons. The molecule has 1 atom stereocenters. The summed E-state index contributed by atoms with van der Waals surface area (Å²) in [4.78, 5) is 0. The Kier molecular flexibility index (Phi) is 3.88. The van der Waals surface area contributed by atoms with E-state index in [1.54, 1.807) is 6.07 Å². The minimum atomic E-state index is 0.128. The first-order valence-corrected chi connectivity index (χ1v) is 7.35. The van der Waals surface area contributed by atoms with Crippen molar-refractivity contribution in [3.05, 3.63) is 63.1 Å². The molecule has 0 saturated heterocycles. The predicted molar refractivity (Wildman–Crippen MR) is 82.5 cm³/mol. The Bertz CT molecular complexity index is 642. The minimum Gasteiger partial charge on any atom is -0.489 e. The van der Waals surface area contributed by atoms with Crippen molar-refractivity contribution in [2.45, 2.75) is 25.5 Å². The first-order chi connectivity index (χ1) is 9.66. The number of nitrogens with two attached hydrogens (primary N) is 1. The normalized spacial score (nSPS) is 17.1. The standard InChI is InChI=1S/C16H15Cl2NO/c17-13-5-1-3-10(16(13)18)9-20-15-6-2-4-11-12(15)7-8-14(11)19/h1-6,14H,7-9,19H2. The number of benzene rings is 2. The molecule has 2 N–H and O–H groups in total. The van der Waals surface area contributed by atoms with Crippen molar-refractivity contribution in [3.8, 4) is 5.75 Å². The largest absolute Gasteiger partial charge is 0.489 e. The molecule has 0 amide bonds. The Morgan fingerprint density at radius 2 is 1.95 bits per heavy atom. The third-order valence-corrected chi connectivity index (χ3v) is 4.55. The number of ether oxygens (including phenoxy) is 1. The maximum Gasteiger partial charge on any atom is 0.123 e. The molecule has 2 aromatic carbocycles. The number of halogens is 2. The highest BCUT2D eigenvalue weighted by molar-refractivity contribution is 6.42. The van der Waals surface area contributed by atoms with E-state index in [4.69, 9.17) is 33.7 Å². The van der Waals surface area contributed by atoms with Crippen LogP contribution in [-0.2, 0) is 13.0 Å². The van der Waals surface area contributed by atoms with Gasteiger partial charge in [0.15, 0.2) is 0 Å². The summed E-state index contributed by atoms with van der Waals surface area (Å²) in [7, 11) is 0. The summed E-state index contributed by atoms with van der Waals surface area (Å²) in [5.41, 5.74) is 9.38. The number of hydrogen-bond donors (Lipinski definition) is 1. The van der Waals surface area contributed by atoms with E-state index in [2.05, 4.69) is 6.07 Å². The molecule has 2 nitrogen and oxygen atoms in total. The van der Waals surface area contributed by atoms with Crippen molar-refractivity contribution in [1.29, 1.82) is 0 Å². The van der Waals surface area contributed by atoms with Crippen LogP contribution in [0.1, 0.15) is 29.2 Å². The molecule has 0 spiro atoms. The molecule has 1 unspecified atom stereocenters. The van der Waals surface area contributed by atoms with Gasteiger partial charge in [-0.3, -0.25) is 0 Å². The van der Waals surface area contributed by atoms with Crippen molar-refractivity contribution in [2.24, 2.45) is 5.73 Å². The highest BCUT2D eigenvalue weighted by atomic mass is 35.5.